The molecule has 1 fully saturated rings. The third kappa shape index (κ3) is 3.54. The molecular formula is C16H22F3N. The summed E-state index contributed by atoms with van der Waals surface area (Å²) in [6, 6.07) is 2.12. The van der Waals surface area contributed by atoms with Gasteiger partial charge in [0.15, 0.2) is 17.5 Å². The van der Waals surface area contributed by atoms with Crippen molar-refractivity contribution in [3.63, 3.8) is 0 Å². The van der Waals surface area contributed by atoms with Gasteiger partial charge in [0.25, 0.3) is 0 Å². The lowest BCUT2D eigenvalue weighted by Gasteiger charge is -2.21. The Balaban J connectivity index is 2.08. The summed E-state index contributed by atoms with van der Waals surface area (Å²) >= 11 is 0. The molecule has 2 rings (SSSR count). The Hall–Kier alpha value is -1.03. The second kappa shape index (κ2) is 7.11. The average molecular weight is 285 g/mol. The first-order valence-corrected chi connectivity index (χ1v) is 7.50. The van der Waals surface area contributed by atoms with Crippen molar-refractivity contribution in [1.29, 1.82) is 0 Å². The zero-order chi connectivity index (χ0) is 14.5. The lowest BCUT2D eigenvalue weighted by atomic mass is 9.94. The van der Waals surface area contributed by atoms with Crippen LogP contribution in [0.1, 0.15) is 57.1 Å². The van der Waals surface area contributed by atoms with E-state index in [0.29, 0.717) is 12.5 Å². The van der Waals surface area contributed by atoms with Crippen LogP contribution in [-0.4, -0.2) is 6.54 Å². The van der Waals surface area contributed by atoms with Crippen molar-refractivity contribution < 1.29 is 13.2 Å². The predicted octanol–water partition coefficient (Wildman–Crippen LogP) is 4.72. The molecule has 1 nitrogen and oxygen atoms in total. The third-order valence-electron chi connectivity index (χ3n) is 4.23. The van der Waals surface area contributed by atoms with Gasteiger partial charge >= 0.3 is 0 Å². The van der Waals surface area contributed by atoms with Crippen LogP contribution in [0.2, 0.25) is 0 Å². The maximum Gasteiger partial charge on any atom is 0.194 e. The summed E-state index contributed by atoms with van der Waals surface area (Å²) in [5.41, 5.74) is 0.240. The van der Waals surface area contributed by atoms with Crippen LogP contribution in [0.3, 0.4) is 0 Å². The topological polar surface area (TPSA) is 12.0 Å². The third-order valence-corrected chi connectivity index (χ3v) is 4.23. The number of halogens is 3. The van der Waals surface area contributed by atoms with Crippen LogP contribution < -0.4 is 5.32 Å². The van der Waals surface area contributed by atoms with Gasteiger partial charge in [-0.2, -0.15) is 0 Å². The van der Waals surface area contributed by atoms with Crippen molar-refractivity contribution in [2.75, 3.05) is 6.54 Å². The number of benzene rings is 1. The molecule has 1 saturated carbocycles. The number of rotatable bonds is 6. The highest BCUT2D eigenvalue weighted by Gasteiger charge is 2.22. The maximum atomic E-state index is 13.9. The van der Waals surface area contributed by atoms with E-state index in [4.69, 9.17) is 0 Å². The van der Waals surface area contributed by atoms with Crippen LogP contribution in [-0.2, 0) is 0 Å². The molecule has 0 aromatic heterocycles. The van der Waals surface area contributed by atoms with E-state index in [1.54, 1.807) is 0 Å². The molecule has 4 heteroatoms. The normalized spacial score (nSPS) is 17.6. The SMILES string of the molecule is CCNC(CCC1CCCC1)c1ccc(F)c(F)c1F. The largest absolute Gasteiger partial charge is 0.310 e. The standard InChI is InChI=1S/C16H22F3N/c1-2-20-14(10-7-11-5-3-4-6-11)12-8-9-13(17)16(19)15(12)18/h8-9,11,14,20H,2-7,10H2,1H3. The Morgan fingerprint density at radius 1 is 1.15 bits per heavy atom. The molecule has 1 aromatic rings. The fourth-order valence-electron chi connectivity index (χ4n) is 3.13. The minimum absolute atomic E-state index is 0.240. The molecule has 20 heavy (non-hydrogen) atoms. The predicted molar refractivity (Wildman–Crippen MR) is 73.9 cm³/mol. The average Bonchev–Trinajstić information content (AvgIpc) is 2.95. The summed E-state index contributed by atoms with van der Waals surface area (Å²) in [6.45, 7) is 2.61. The molecule has 1 aromatic carbocycles. The lowest BCUT2D eigenvalue weighted by molar-refractivity contribution is 0.391. The Labute approximate surface area is 118 Å². The second-order valence-corrected chi connectivity index (χ2v) is 5.60. The number of hydrogen-bond acceptors (Lipinski definition) is 1. The molecule has 0 radical (unpaired) electrons. The molecule has 1 N–H and O–H groups in total. The zero-order valence-electron chi connectivity index (χ0n) is 11.9. The van der Waals surface area contributed by atoms with Crippen LogP contribution in [0.5, 0.6) is 0 Å². The van der Waals surface area contributed by atoms with Gasteiger partial charge in [0.2, 0.25) is 0 Å². The molecule has 1 aliphatic carbocycles. The van der Waals surface area contributed by atoms with E-state index >= 15 is 0 Å². The van der Waals surface area contributed by atoms with Crippen molar-refractivity contribution in [3.05, 3.63) is 35.1 Å². The highest BCUT2D eigenvalue weighted by Crippen LogP contribution is 2.32. The van der Waals surface area contributed by atoms with Crippen molar-refractivity contribution in [2.45, 2.75) is 51.5 Å². The van der Waals surface area contributed by atoms with Gasteiger partial charge in [0.1, 0.15) is 0 Å². The van der Waals surface area contributed by atoms with E-state index in [-0.39, 0.29) is 11.6 Å². The smallest absolute Gasteiger partial charge is 0.194 e. The van der Waals surface area contributed by atoms with Crippen LogP contribution in [0.4, 0.5) is 13.2 Å². The van der Waals surface area contributed by atoms with E-state index in [2.05, 4.69) is 5.32 Å². The first-order chi connectivity index (χ1) is 9.63. The minimum Gasteiger partial charge on any atom is -0.310 e. The Bertz CT molecular complexity index is 442. The van der Waals surface area contributed by atoms with E-state index < -0.39 is 17.5 Å². The summed E-state index contributed by atoms with van der Waals surface area (Å²) in [4.78, 5) is 0. The van der Waals surface area contributed by atoms with E-state index in [1.807, 2.05) is 6.92 Å². The van der Waals surface area contributed by atoms with Crippen molar-refractivity contribution >= 4 is 0 Å². The molecule has 0 heterocycles. The van der Waals surface area contributed by atoms with Crippen molar-refractivity contribution in [3.8, 4) is 0 Å². The maximum absolute atomic E-state index is 13.9. The lowest BCUT2D eigenvalue weighted by Crippen LogP contribution is -2.23. The van der Waals surface area contributed by atoms with Gasteiger partial charge in [-0.15, -0.1) is 0 Å². The van der Waals surface area contributed by atoms with Gasteiger partial charge < -0.3 is 5.32 Å². The molecule has 0 saturated heterocycles. The van der Waals surface area contributed by atoms with Crippen molar-refractivity contribution in [1.82, 2.24) is 5.32 Å². The molecule has 0 spiro atoms. The quantitative estimate of drug-likeness (QED) is 0.745. The summed E-state index contributed by atoms with van der Waals surface area (Å²) in [5.74, 6) is -2.85. The fraction of sp³-hybridized carbons (Fsp3) is 0.625. The molecule has 1 unspecified atom stereocenters. The first-order valence-electron chi connectivity index (χ1n) is 7.50. The Kier molecular flexibility index (Phi) is 5.46. The zero-order valence-corrected chi connectivity index (χ0v) is 11.9. The summed E-state index contributed by atoms with van der Waals surface area (Å²) in [5, 5.41) is 3.18. The van der Waals surface area contributed by atoms with Gasteiger partial charge in [-0.05, 0) is 31.4 Å². The Morgan fingerprint density at radius 3 is 2.50 bits per heavy atom. The first kappa shape index (κ1) is 15.4. The van der Waals surface area contributed by atoms with Crippen LogP contribution in [0.25, 0.3) is 0 Å². The summed E-state index contributed by atoms with van der Waals surface area (Å²) in [6.07, 6.45) is 6.79. The van der Waals surface area contributed by atoms with Gasteiger partial charge in [0, 0.05) is 11.6 Å². The molecule has 112 valence electrons. The van der Waals surface area contributed by atoms with Crippen LogP contribution in [0, 0.1) is 23.4 Å². The summed E-state index contributed by atoms with van der Waals surface area (Å²) < 4.78 is 40.2. The molecular weight excluding hydrogens is 263 g/mol. The van der Waals surface area contributed by atoms with Crippen LogP contribution in [0.15, 0.2) is 12.1 Å². The molecule has 1 atom stereocenters. The molecule has 0 amide bonds. The molecule has 0 bridgehead atoms. The highest BCUT2D eigenvalue weighted by atomic mass is 19.2. The minimum atomic E-state index is -1.37. The van der Waals surface area contributed by atoms with E-state index in [9.17, 15) is 13.2 Å². The highest BCUT2D eigenvalue weighted by molar-refractivity contribution is 5.23. The van der Waals surface area contributed by atoms with E-state index in [1.165, 1.54) is 31.7 Å². The summed E-state index contributed by atoms with van der Waals surface area (Å²) in [7, 11) is 0. The van der Waals surface area contributed by atoms with Gasteiger partial charge in [-0.25, -0.2) is 13.2 Å². The Morgan fingerprint density at radius 2 is 1.85 bits per heavy atom. The fourth-order valence-corrected chi connectivity index (χ4v) is 3.13. The monoisotopic (exact) mass is 285 g/mol. The van der Waals surface area contributed by atoms with Gasteiger partial charge in [-0.1, -0.05) is 38.7 Å². The van der Waals surface area contributed by atoms with Crippen LogP contribution >= 0.6 is 0 Å². The van der Waals surface area contributed by atoms with Crippen molar-refractivity contribution in [2.24, 2.45) is 5.92 Å². The molecule has 1 aliphatic rings. The molecule has 0 aliphatic heterocycles. The second-order valence-electron chi connectivity index (χ2n) is 5.60. The van der Waals surface area contributed by atoms with Gasteiger partial charge in [-0.3, -0.25) is 0 Å². The number of hydrogen-bond donors (Lipinski definition) is 1. The van der Waals surface area contributed by atoms with E-state index in [0.717, 1.165) is 18.9 Å². The van der Waals surface area contributed by atoms with Gasteiger partial charge in [0.05, 0.1) is 0 Å². The number of nitrogens with one attached hydrogen (secondary N) is 1.